The minimum Gasteiger partial charge on any atom is -0.377 e. The van der Waals surface area contributed by atoms with E-state index >= 15 is 0 Å². The zero-order valence-corrected chi connectivity index (χ0v) is 23.4. The number of aryl methyl sites for hydroxylation is 1. The number of nitrogens with one attached hydrogen (secondary N) is 1. The Hall–Kier alpha value is -4.08. The zero-order valence-electron chi connectivity index (χ0n) is 22.6. The standard InChI is InChI=1S/C30H30ClN7O2/c1-18-15-21(26-22(16-18)30(39)37(3)28(35-26)20-9-5-4-6-10-20)19(2)33-23-12-13-24(31)34-27(23)29-36-32-17-38(29)25-11-7-8-14-40-25/h4-6,9-10,12-13,15-17,19,25,33H,7-8,11,14H2,1-3H3. The molecule has 0 saturated carbocycles. The van der Waals surface area contributed by atoms with Gasteiger partial charge < -0.3 is 10.1 Å². The van der Waals surface area contributed by atoms with Crippen molar-refractivity contribution in [3.8, 4) is 22.9 Å². The van der Waals surface area contributed by atoms with Crippen molar-refractivity contribution in [1.82, 2.24) is 29.3 Å². The summed E-state index contributed by atoms with van der Waals surface area (Å²) in [5.74, 6) is 1.20. The van der Waals surface area contributed by atoms with E-state index in [0.29, 0.717) is 40.0 Å². The molecule has 2 aromatic carbocycles. The molecule has 6 rings (SSSR count). The van der Waals surface area contributed by atoms with E-state index in [1.165, 1.54) is 0 Å². The Bertz CT molecular complexity index is 1740. The molecule has 3 aromatic heterocycles. The van der Waals surface area contributed by atoms with Gasteiger partial charge in [0.05, 0.1) is 22.6 Å². The highest BCUT2D eigenvalue weighted by Crippen LogP contribution is 2.34. The molecule has 1 aliphatic heterocycles. The van der Waals surface area contributed by atoms with Gasteiger partial charge in [-0.1, -0.05) is 48.0 Å². The van der Waals surface area contributed by atoms with Crippen molar-refractivity contribution in [2.75, 3.05) is 11.9 Å². The Morgan fingerprint density at radius 3 is 2.67 bits per heavy atom. The van der Waals surface area contributed by atoms with E-state index in [0.717, 1.165) is 41.6 Å². The predicted octanol–water partition coefficient (Wildman–Crippen LogP) is 6.09. The molecule has 2 atom stereocenters. The Morgan fingerprint density at radius 2 is 1.90 bits per heavy atom. The number of rotatable bonds is 6. The molecular weight excluding hydrogens is 526 g/mol. The minimum atomic E-state index is -0.227. The molecule has 40 heavy (non-hydrogen) atoms. The highest BCUT2D eigenvalue weighted by atomic mass is 35.5. The summed E-state index contributed by atoms with van der Waals surface area (Å²) < 4.78 is 9.53. The van der Waals surface area contributed by atoms with Crippen molar-refractivity contribution >= 4 is 28.2 Å². The van der Waals surface area contributed by atoms with Crippen molar-refractivity contribution in [3.63, 3.8) is 0 Å². The summed E-state index contributed by atoms with van der Waals surface area (Å²) >= 11 is 6.36. The number of halogens is 1. The third-order valence-electron chi connectivity index (χ3n) is 7.34. The number of ether oxygens (including phenoxy) is 1. The number of aromatic nitrogens is 6. The molecule has 1 saturated heterocycles. The fourth-order valence-corrected chi connectivity index (χ4v) is 5.47. The quantitative estimate of drug-likeness (QED) is 0.253. The van der Waals surface area contributed by atoms with Gasteiger partial charge >= 0.3 is 0 Å². The molecule has 1 aliphatic rings. The van der Waals surface area contributed by atoms with Crippen LogP contribution in [0.3, 0.4) is 0 Å². The number of nitrogens with zero attached hydrogens (tertiary/aromatic N) is 6. The third-order valence-corrected chi connectivity index (χ3v) is 7.55. The van der Waals surface area contributed by atoms with Crippen molar-refractivity contribution in [3.05, 3.63) is 87.6 Å². The first-order chi connectivity index (χ1) is 19.4. The highest BCUT2D eigenvalue weighted by molar-refractivity contribution is 6.29. The van der Waals surface area contributed by atoms with Crippen LogP contribution in [0.4, 0.5) is 5.69 Å². The normalized spacial score (nSPS) is 16.2. The fraction of sp³-hybridized carbons (Fsp3) is 0.300. The summed E-state index contributed by atoms with van der Waals surface area (Å²) in [6, 6.07) is 17.1. The van der Waals surface area contributed by atoms with Crippen LogP contribution in [0, 0.1) is 6.92 Å². The molecule has 5 aromatic rings. The number of hydrogen-bond acceptors (Lipinski definition) is 7. The molecule has 1 N–H and O–H groups in total. The van der Waals surface area contributed by atoms with Crippen molar-refractivity contribution in [2.24, 2.45) is 7.05 Å². The molecule has 9 nitrogen and oxygen atoms in total. The van der Waals surface area contributed by atoms with E-state index in [1.807, 2.05) is 60.9 Å². The molecule has 1 fully saturated rings. The number of pyridine rings is 1. The lowest BCUT2D eigenvalue weighted by Crippen LogP contribution is -2.22. The van der Waals surface area contributed by atoms with Gasteiger partial charge in [-0.2, -0.15) is 0 Å². The topological polar surface area (TPSA) is 99.8 Å². The average Bonchev–Trinajstić information content (AvgIpc) is 3.46. The number of benzene rings is 2. The fourth-order valence-electron chi connectivity index (χ4n) is 5.33. The van der Waals surface area contributed by atoms with E-state index in [2.05, 4.69) is 26.6 Å². The summed E-state index contributed by atoms with van der Waals surface area (Å²) in [4.78, 5) is 23.1. The van der Waals surface area contributed by atoms with Crippen LogP contribution in [0.5, 0.6) is 0 Å². The van der Waals surface area contributed by atoms with Gasteiger partial charge in [0.2, 0.25) is 0 Å². The second-order valence-corrected chi connectivity index (χ2v) is 10.6. The Morgan fingerprint density at radius 1 is 1.07 bits per heavy atom. The summed E-state index contributed by atoms with van der Waals surface area (Å²) in [5, 5.41) is 13.1. The van der Waals surface area contributed by atoms with E-state index in [-0.39, 0.29) is 17.8 Å². The lowest BCUT2D eigenvalue weighted by Gasteiger charge is -2.25. The molecule has 10 heteroatoms. The lowest BCUT2D eigenvalue weighted by molar-refractivity contribution is -0.0312. The van der Waals surface area contributed by atoms with E-state index in [9.17, 15) is 4.79 Å². The Balaban J connectivity index is 1.43. The summed E-state index contributed by atoms with van der Waals surface area (Å²) in [7, 11) is 1.76. The summed E-state index contributed by atoms with van der Waals surface area (Å²) in [6.07, 6.45) is 4.53. The SMILES string of the molecule is Cc1cc(C(C)Nc2ccc(Cl)nc2-c2nncn2C2CCCCO2)c2nc(-c3ccccc3)n(C)c(=O)c2c1. The van der Waals surface area contributed by atoms with Gasteiger partial charge in [0, 0.05) is 24.8 Å². The van der Waals surface area contributed by atoms with Crippen molar-refractivity contribution < 1.29 is 4.74 Å². The van der Waals surface area contributed by atoms with Crippen LogP contribution in [-0.4, -0.2) is 35.9 Å². The van der Waals surface area contributed by atoms with Gasteiger partial charge in [-0.15, -0.1) is 10.2 Å². The predicted molar refractivity (Wildman–Crippen MR) is 156 cm³/mol. The van der Waals surface area contributed by atoms with Gasteiger partial charge in [0.1, 0.15) is 29.2 Å². The van der Waals surface area contributed by atoms with E-state index in [1.54, 1.807) is 24.0 Å². The maximum atomic E-state index is 13.5. The van der Waals surface area contributed by atoms with Crippen LogP contribution in [-0.2, 0) is 11.8 Å². The molecule has 0 radical (unpaired) electrons. The smallest absolute Gasteiger partial charge is 0.261 e. The van der Waals surface area contributed by atoms with Crippen LogP contribution in [0.15, 0.2) is 65.7 Å². The lowest BCUT2D eigenvalue weighted by atomic mass is 10.0. The maximum Gasteiger partial charge on any atom is 0.261 e. The van der Waals surface area contributed by atoms with E-state index in [4.69, 9.17) is 21.3 Å². The Labute approximate surface area is 236 Å². The van der Waals surface area contributed by atoms with Gasteiger partial charge in [-0.25, -0.2) is 9.97 Å². The van der Waals surface area contributed by atoms with Gasteiger partial charge in [-0.05, 0) is 56.9 Å². The van der Waals surface area contributed by atoms with Crippen LogP contribution < -0.4 is 10.9 Å². The van der Waals surface area contributed by atoms with Gasteiger partial charge in [0.25, 0.3) is 5.56 Å². The van der Waals surface area contributed by atoms with Crippen LogP contribution in [0.1, 0.15) is 49.6 Å². The second-order valence-electron chi connectivity index (χ2n) is 10.2. The first-order valence-electron chi connectivity index (χ1n) is 13.4. The van der Waals surface area contributed by atoms with Gasteiger partial charge in [-0.3, -0.25) is 13.9 Å². The van der Waals surface area contributed by atoms with Crippen molar-refractivity contribution in [2.45, 2.75) is 45.4 Å². The molecule has 2 unspecified atom stereocenters. The molecule has 4 heterocycles. The highest BCUT2D eigenvalue weighted by Gasteiger charge is 2.24. The number of hydrogen-bond donors (Lipinski definition) is 1. The monoisotopic (exact) mass is 555 g/mol. The molecule has 0 aliphatic carbocycles. The molecule has 0 spiro atoms. The van der Waals surface area contributed by atoms with Crippen LogP contribution in [0.2, 0.25) is 5.15 Å². The van der Waals surface area contributed by atoms with Crippen LogP contribution in [0.25, 0.3) is 33.8 Å². The first-order valence-corrected chi connectivity index (χ1v) is 13.8. The Kier molecular flexibility index (Phi) is 7.08. The second kappa shape index (κ2) is 10.8. The summed E-state index contributed by atoms with van der Waals surface area (Å²) in [5.41, 5.74) is 4.66. The largest absolute Gasteiger partial charge is 0.377 e. The number of fused-ring (bicyclic) bond motifs is 1. The zero-order chi connectivity index (χ0) is 27.8. The molecular formula is C30H30ClN7O2. The average molecular weight is 556 g/mol. The third kappa shape index (κ3) is 4.87. The minimum absolute atomic E-state index is 0.0876. The molecule has 204 valence electrons. The summed E-state index contributed by atoms with van der Waals surface area (Å²) in [6.45, 7) is 4.73. The van der Waals surface area contributed by atoms with Gasteiger partial charge in [0.15, 0.2) is 5.82 Å². The maximum absolute atomic E-state index is 13.5. The van der Waals surface area contributed by atoms with E-state index < -0.39 is 0 Å². The van der Waals surface area contributed by atoms with Crippen molar-refractivity contribution in [1.29, 1.82) is 0 Å². The first kappa shape index (κ1) is 26.2. The number of anilines is 1. The van der Waals surface area contributed by atoms with Crippen LogP contribution >= 0.6 is 11.6 Å². The molecule has 0 bridgehead atoms. The molecule has 0 amide bonds.